The number of benzene rings is 2. The van der Waals surface area contributed by atoms with Crippen LogP contribution in [0.15, 0.2) is 55.0 Å². The molecule has 4 rings (SSSR count). The third kappa shape index (κ3) is 3.08. The van der Waals surface area contributed by atoms with E-state index in [9.17, 15) is 9.60 Å². The number of pyridine rings is 1. The molecule has 0 radical (unpaired) electrons. The van der Waals surface area contributed by atoms with E-state index in [2.05, 4.69) is 9.97 Å². The molecule has 0 fully saturated rings. The summed E-state index contributed by atoms with van der Waals surface area (Å²) >= 11 is 18.8. The molecule has 27 heavy (non-hydrogen) atoms. The summed E-state index contributed by atoms with van der Waals surface area (Å²) < 4.78 is 14.0. The van der Waals surface area contributed by atoms with E-state index in [-0.39, 0.29) is 10.5 Å². The van der Waals surface area contributed by atoms with Crippen LogP contribution in [0.3, 0.4) is 0 Å². The highest BCUT2D eigenvalue weighted by Gasteiger charge is 2.22. The molecule has 134 valence electrons. The van der Waals surface area contributed by atoms with Crippen molar-refractivity contribution in [1.29, 1.82) is 0 Å². The summed E-state index contributed by atoms with van der Waals surface area (Å²) in [4.78, 5) is 8.52. The second-order valence-electron chi connectivity index (χ2n) is 5.70. The molecule has 0 saturated carbocycles. The van der Waals surface area contributed by atoms with E-state index in [1.54, 1.807) is 24.3 Å². The van der Waals surface area contributed by atoms with Crippen LogP contribution in [0.5, 0.6) is 0 Å². The van der Waals surface area contributed by atoms with Gasteiger partial charge in [0.1, 0.15) is 11.5 Å². The lowest BCUT2D eigenvalue weighted by Crippen LogP contribution is -2.28. The number of fused-ring (bicyclic) bond motifs is 1. The second-order valence-corrected chi connectivity index (χ2v) is 6.92. The quantitative estimate of drug-likeness (QED) is 0.309. The van der Waals surface area contributed by atoms with Crippen LogP contribution in [-0.4, -0.2) is 9.97 Å². The molecule has 4 nitrogen and oxygen atoms in total. The molecule has 4 aromatic rings. The third-order valence-electron chi connectivity index (χ3n) is 4.08. The molecule has 0 aliphatic rings. The molecule has 0 amide bonds. The largest absolute Gasteiger partial charge is 0.710 e. The number of hydrogen-bond donors (Lipinski definition) is 0. The highest BCUT2D eigenvalue weighted by molar-refractivity contribution is 6.39. The summed E-state index contributed by atoms with van der Waals surface area (Å²) in [6.07, 6.45) is 2.63. The first kappa shape index (κ1) is 17.9. The van der Waals surface area contributed by atoms with E-state index in [0.717, 1.165) is 6.33 Å². The fraction of sp³-hybridized carbons (Fsp3) is 0. The fourth-order valence-electron chi connectivity index (χ4n) is 2.91. The molecule has 2 aromatic carbocycles. The lowest BCUT2D eigenvalue weighted by molar-refractivity contribution is -0.580. The standard InChI is InChI=1S/C19H9Cl3FN3O/c20-13-2-1-3-14(21)16(13)18-19-12(6-7-24-18)17(25-9-26(19)27)11-5-4-10(23)8-15(11)22/h1-9H. The smallest absolute Gasteiger partial charge is 0.290 e. The van der Waals surface area contributed by atoms with Crippen LogP contribution in [0, 0.1) is 11.0 Å². The van der Waals surface area contributed by atoms with Crippen LogP contribution in [-0.2, 0) is 0 Å². The van der Waals surface area contributed by atoms with E-state index in [0.29, 0.717) is 42.7 Å². The van der Waals surface area contributed by atoms with Gasteiger partial charge in [-0.1, -0.05) is 40.9 Å². The molecular weight excluding hydrogens is 412 g/mol. The predicted molar refractivity (Wildman–Crippen MR) is 104 cm³/mol. The van der Waals surface area contributed by atoms with Crippen LogP contribution < -0.4 is 4.73 Å². The molecule has 2 heterocycles. The maximum Gasteiger partial charge on any atom is 0.290 e. The molecule has 0 spiro atoms. The molecule has 0 saturated heterocycles. The summed E-state index contributed by atoms with van der Waals surface area (Å²) in [5.41, 5.74) is 1.91. The van der Waals surface area contributed by atoms with Gasteiger partial charge in [-0.15, -0.1) is 0 Å². The van der Waals surface area contributed by atoms with Crippen LogP contribution in [0.25, 0.3) is 33.4 Å². The first-order chi connectivity index (χ1) is 13.0. The molecule has 0 N–H and O–H groups in total. The zero-order valence-electron chi connectivity index (χ0n) is 13.5. The third-order valence-corrected chi connectivity index (χ3v) is 5.02. The van der Waals surface area contributed by atoms with Crippen molar-refractivity contribution in [3.8, 4) is 22.5 Å². The van der Waals surface area contributed by atoms with E-state index < -0.39 is 5.82 Å². The predicted octanol–water partition coefficient (Wildman–Crippen LogP) is 5.70. The number of rotatable bonds is 2. The van der Waals surface area contributed by atoms with Crippen molar-refractivity contribution in [3.05, 3.63) is 81.1 Å². The van der Waals surface area contributed by atoms with Gasteiger partial charge in [-0.3, -0.25) is 4.98 Å². The maximum absolute atomic E-state index is 13.4. The summed E-state index contributed by atoms with van der Waals surface area (Å²) in [6.45, 7) is 0. The molecule has 2 aromatic heterocycles. The van der Waals surface area contributed by atoms with Gasteiger partial charge >= 0.3 is 0 Å². The van der Waals surface area contributed by atoms with Gasteiger partial charge in [0.2, 0.25) is 0 Å². The van der Waals surface area contributed by atoms with Crippen molar-refractivity contribution in [1.82, 2.24) is 9.97 Å². The Hall–Kier alpha value is -2.47. The second kappa shape index (κ2) is 6.93. The minimum atomic E-state index is -0.465. The Morgan fingerprint density at radius 3 is 2.33 bits per heavy atom. The van der Waals surface area contributed by atoms with Gasteiger partial charge in [0.05, 0.1) is 20.5 Å². The van der Waals surface area contributed by atoms with Crippen molar-refractivity contribution >= 4 is 45.7 Å². The molecule has 0 unspecified atom stereocenters. The Labute approximate surface area is 168 Å². The van der Waals surface area contributed by atoms with E-state index in [1.807, 2.05) is 0 Å². The van der Waals surface area contributed by atoms with Crippen LogP contribution in [0.2, 0.25) is 15.1 Å². The van der Waals surface area contributed by atoms with E-state index >= 15 is 0 Å². The fourth-order valence-corrected chi connectivity index (χ4v) is 3.74. The van der Waals surface area contributed by atoms with Crippen LogP contribution in [0.1, 0.15) is 0 Å². The monoisotopic (exact) mass is 419 g/mol. The first-order valence-electron chi connectivity index (χ1n) is 7.74. The number of halogens is 4. The average Bonchev–Trinajstić information content (AvgIpc) is 2.63. The molecule has 0 aliphatic carbocycles. The minimum Gasteiger partial charge on any atom is -0.710 e. The van der Waals surface area contributed by atoms with Gasteiger partial charge < -0.3 is 5.21 Å². The van der Waals surface area contributed by atoms with E-state index in [1.165, 1.54) is 24.4 Å². The summed E-state index contributed by atoms with van der Waals surface area (Å²) in [5, 5.41) is 13.9. The SMILES string of the molecule is [O-][n+]1cnc(-c2ccc(F)cc2Cl)c2ccnc(-c3c(Cl)cccc3Cl)c21. The Morgan fingerprint density at radius 1 is 0.889 bits per heavy atom. The molecule has 0 bridgehead atoms. The van der Waals surface area contributed by atoms with Crippen molar-refractivity contribution in [3.63, 3.8) is 0 Å². The van der Waals surface area contributed by atoms with Crippen LogP contribution >= 0.6 is 34.8 Å². The van der Waals surface area contributed by atoms with Crippen molar-refractivity contribution < 1.29 is 9.12 Å². The topological polar surface area (TPSA) is 52.7 Å². The van der Waals surface area contributed by atoms with Gasteiger partial charge in [-0.05, 0) is 41.4 Å². The van der Waals surface area contributed by atoms with Gasteiger partial charge in [0.15, 0.2) is 11.2 Å². The zero-order chi connectivity index (χ0) is 19.1. The highest BCUT2D eigenvalue weighted by atomic mass is 35.5. The summed E-state index contributed by atoms with van der Waals surface area (Å²) in [5.74, 6) is -0.465. The van der Waals surface area contributed by atoms with Gasteiger partial charge in [-0.25, -0.2) is 9.12 Å². The number of aromatic nitrogens is 3. The Kier molecular flexibility index (Phi) is 4.60. The van der Waals surface area contributed by atoms with Crippen molar-refractivity contribution in [2.75, 3.05) is 0 Å². The molecule has 8 heteroatoms. The lowest BCUT2D eigenvalue weighted by Gasteiger charge is -2.13. The van der Waals surface area contributed by atoms with Crippen molar-refractivity contribution in [2.45, 2.75) is 0 Å². The maximum atomic E-state index is 13.4. The molecule has 0 atom stereocenters. The minimum absolute atomic E-state index is 0.182. The normalized spacial score (nSPS) is 11.1. The Balaban J connectivity index is 2.08. The average molecular weight is 421 g/mol. The number of hydrogen-bond acceptors (Lipinski definition) is 3. The highest BCUT2D eigenvalue weighted by Crippen LogP contribution is 2.38. The van der Waals surface area contributed by atoms with Crippen molar-refractivity contribution in [2.24, 2.45) is 0 Å². The van der Waals surface area contributed by atoms with Gasteiger partial charge in [-0.2, -0.15) is 0 Å². The summed E-state index contributed by atoms with van der Waals surface area (Å²) in [7, 11) is 0. The molecular formula is C19H9Cl3FN3O. The molecule has 0 aliphatic heterocycles. The van der Waals surface area contributed by atoms with Gasteiger partial charge in [0, 0.05) is 17.3 Å². The Bertz CT molecular complexity index is 1180. The van der Waals surface area contributed by atoms with Crippen LogP contribution in [0.4, 0.5) is 4.39 Å². The Morgan fingerprint density at radius 2 is 1.63 bits per heavy atom. The summed E-state index contributed by atoms with van der Waals surface area (Å²) in [6, 6.07) is 10.7. The van der Waals surface area contributed by atoms with Gasteiger partial charge in [0.25, 0.3) is 6.33 Å². The first-order valence-corrected chi connectivity index (χ1v) is 8.87. The lowest BCUT2D eigenvalue weighted by atomic mass is 10.0. The van der Waals surface area contributed by atoms with E-state index in [4.69, 9.17) is 34.8 Å². The number of nitrogens with zero attached hydrogens (tertiary/aromatic N) is 3. The zero-order valence-corrected chi connectivity index (χ0v) is 15.7.